The van der Waals surface area contributed by atoms with Crippen molar-refractivity contribution in [2.45, 2.75) is 0 Å². The van der Waals surface area contributed by atoms with Gasteiger partial charge in [0.2, 0.25) is 0 Å². The van der Waals surface area contributed by atoms with Crippen molar-refractivity contribution in [2.75, 3.05) is 78.1 Å². The van der Waals surface area contributed by atoms with Crippen LogP contribution in [0.4, 0.5) is 10.5 Å². The lowest BCUT2D eigenvalue weighted by Gasteiger charge is -2.35. The summed E-state index contributed by atoms with van der Waals surface area (Å²) in [6, 6.07) is 15.2. The molecule has 43 heavy (non-hydrogen) atoms. The van der Waals surface area contributed by atoms with Crippen molar-refractivity contribution in [2.24, 2.45) is 0 Å². The van der Waals surface area contributed by atoms with E-state index in [0.717, 1.165) is 39.0 Å². The number of β-amino-alcohol motifs (C(OH)–C–C–N with tert-alkyl or cyclic N) is 1. The van der Waals surface area contributed by atoms with Crippen molar-refractivity contribution >= 4 is 28.7 Å². The number of aromatic nitrogens is 2. The number of para-hydroxylation sites is 1. The second-order valence-electron chi connectivity index (χ2n) is 10.7. The van der Waals surface area contributed by atoms with E-state index in [1.165, 1.54) is 0 Å². The number of amides is 3. The van der Waals surface area contributed by atoms with E-state index >= 15 is 0 Å². The molecular formula is C32H36N6O5. The maximum atomic E-state index is 13.9. The molecule has 224 valence electrons. The second-order valence-corrected chi connectivity index (χ2v) is 10.7. The first-order chi connectivity index (χ1) is 21.1. The van der Waals surface area contributed by atoms with Crippen molar-refractivity contribution in [3.05, 3.63) is 66.5 Å². The molecule has 3 amide bonds. The molecule has 4 heterocycles. The van der Waals surface area contributed by atoms with Crippen LogP contribution in [0.2, 0.25) is 0 Å². The van der Waals surface area contributed by atoms with E-state index in [2.05, 4.69) is 26.3 Å². The summed E-state index contributed by atoms with van der Waals surface area (Å²) in [5, 5.41) is 13.2. The molecule has 11 nitrogen and oxygen atoms in total. The summed E-state index contributed by atoms with van der Waals surface area (Å²) in [5.74, 6) is 0.620. The van der Waals surface area contributed by atoms with Gasteiger partial charge in [-0.2, -0.15) is 0 Å². The third kappa shape index (κ3) is 6.05. The maximum absolute atomic E-state index is 13.9. The maximum Gasteiger partial charge on any atom is 0.322 e. The van der Waals surface area contributed by atoms with E-state index in [1.54, 1.807) is 24.3 Å². The predicted octanol–water partition coefficient (Wildman–Crippen LogP) is 3.52. The number of pyridine rings is 1. The predicted molar refractivity (Wildman–Crippen MR) is 164 cm³/mol. The van der Waals surface area contributed by atoms with Gasteiger partial charge in [-0.05, 0) is 29.8 Å². The number of benzene rings is 2. The molecule has 3 N–H and O–H groups in total. The lowest BCUT2D eigenvalue weighted by atomic mass is 9.99. The number of hydrogen-bond donors (Lipinski definition) is 3. The average Bonchev–Trinajstić information content (AvgIpc) is 3.48. The minimum absolute atomic E-state index is 0.0893. The molecule has 0 aliphatic carbocycles. The Morgan fingerprint density at radius 3 is 2.53 bits per heavy atom. The SMILES string of the molecule is COc1ccccc1-c1c[nH]c2ncc(-c3ccc(NC(=O)N4CCOCC4)c(C(=O)N4CCN(CCO)CC4)c3)cc12. The zero-order chi connectivity index (χ0) is 29.8. The van der Waals surface area contributed by atoms with Gasteiger partial charge >= 0.3 is 6.03 Å². The highest BCUT2D eigenvalue weighted by Gasteiger charge is 2.26. The number of carbonyl (C=O) groups excluding carboxylic acids is 2. The monoisotopic (exact) mass is 584 g/mol. The van der Waals surface area contributed by atoms with Crippen LogP contribution in [0.25, 0.3) is 33.3 Å². The number of anilines is 1. The molecule has 0 bridgehead atoms. The number of fused-ring (bicyclic) bond motifs is 1. The Labute approximate surface area is 250 Å². The molecule has 0 radical (unpaired) electrons. The number of nitrogens with zero attached hydrogens (tertiary/aromatic N) is 4. The summed E-state index contributed by atoms with van der Waals surface area (Å²) < 4.78 is 11.0. The first kappa shape index (κ1) is 28.7. The molecule has 4 aromatic rings. The highest BCUT2D eigenvalue weighted by Crippen LogP contribution is 2.36. The number of aliphatic hydroxyl groups is 1. The molecule has 2 aliphatic rings. The summed E-state index contributed by atoms with van der Waals surface area (Å²) in [7, 11) is 1.65. The molecule has 2 fully saturated rings. The molecule has 0 spiro atoms. The molecule has 0 saturated carbocycles. The van der Waals surface area contributed by atoms with Gasteiger partial charge < -0.3 is 34.7 Å². The van der Waals surface area contributed by atoms with Crippen LogP contribution in [-0.4, -0.2) is 114 Å². The number of aliphatic hydroxyl groups excluding tert-OH is 1. The summed E-state index contributed by atoms with van der Waals surface area (Å²) in [6.45, 7) is 5.09. The van der Waals surface area contributed by atoms with E-state index in [9.17, 15) is 14.7 Å². The fraction of sp³-hybridized carbons (Fsp3) is 0.344. The third-order valence-corrected chi connectivity index (χ3v) is 8.13. The van der Waals surface area contributed by atoms with E-state index in [1.807, 2.05) is 47.5 Å². The summed E-state index contributed by atoms with van der Waals surface area (Å²) >= 11 is 0. The quantitative estimate of drug-likeness (QED) is 0.304. The fourth-order valence-corrected chi connectivity index (χ4v) is 5.71. The van der Waals surface area contributed by atoms with Gasteiger partial charge in [0.1, 0.15) is 11.4 Å². The van der Waals surface area contributed by atoms with E-state index in [4.69, 9.17) is 9.47 Å². The zero-order valence-electron chi connectivity index (χ0n) is 24.2. The Kier molecular flexibility index (Phi) is 8.55. The first-order valence-corrected chi connectivity index (χ1v) is 14.6. The number of carbonyl (C=O) groups is 2. The highest BCUT2D eigenvalue weighted by atomic mass is 16.5. The number of methoxy groups -OCH3 is 1. The number of urea groups is 1. The van der Waals surface area contributed by atoms with Crippen LogP contribution < -0.4 is 10.1 Å². The van der Waals surface area contributed by atoms with Gasteiger partial charge in [-0.3, -0.25) is 9.69 Å². The van der Waals surface area contributed by atoms with Gasteiger partial charge in [-0.15, -0.1) is 0 Å². The summed E-state index contributed by atoms with van der Waals surface area (Å²) in [6.07, 6.45) is 3.71. The second kappa shape index (κ2) is 12.8. The molecular weight excluding hydrogens is 548 g/mol. The Bertz CT molecular complexity index is 1610. The van der Waals surface area contributed by atoms with Gasteiger partial charge in [0.05, 0.1) is 38.2 Å². The lowest BCUT2D eigenvalue weighted by Crippen LogP contribution is -2.49. The molecule has 2 saturated heterocycles. The Morgan fingerprint density at radius 1 is 0.977 bits per heavy atom. The molecule has 2 aliphatic heterocycles. The number of nitrogens with one attached hydrogen (secondary N) is 2. The molecule has 2 aromatic carbocycles. The number of H-pyrrole nitrogens is 1. The molecule has 6 rings (SSSR count). The number of rotatable bonds is 7. The van der Waals surface area contributed by atoms with E-state index in [0.29, 0.717) is 70.3 Å². The van der Waals surface area contributed by atoms with Gasteiger partial charge in [0.25, 0.3) is 5.91 Å². The lowest BCUT2D eigenvalue weighted by molar-refractivity contribution is 0.0564. The zero-order valence-corrected chi connectivity index (χ0v) is 24.2. The van der Waals surface area contributed by atoms with Crippen LogP contribution in [-0.2, 0) is 4.74 Å². The minimum atomic E-state index is -0.255. The number of ether oxygens (including phenoxy) is 2. The average molecular weight is 585 g/mol. The van der Waals surface area contributed by atoms with Crippen LogP contribution in [0.5, 0.6) is 5.75 Å². The van der Waals surface area contributed by atoms with Crippen LogP contribution in [0.15, 0.2) is 60.9 Å². The van der Waals surface area contributed by atoms with Gasteiger partial charge in [-0.1, -0.05) is 24.3 Å². The molecule has 0 atom stereocenters. The Balaban J connectivity index is 1.35. The Morgan fingerprint density at radius 2 is 1.77 bits per heavy atom. The van der Waals surface area contributed by atoms with Crippen LogP contribution in [0.3, 0.4) is 0 Å². The fourth-order valence-electron chi connectivity index (χ4n) is 5.71. The van der Waals surface area contributed by atoms with E-state index in [-0.39, 0.29) is 18.5 Å². The van der Waals surface area contributed by atoms with Crippen molar-refractivity contribution < 1.29 is 24.2 Å². The van der Waals surface area contributed by atoms with Crippen molar-refractivity contribution in [1.29, 1.82) is 0 Å². The number of morpholine rings is 1. The standard InChI is InChI=1S/C32H36N6O5/c1-42-29-5-3-2-4-24(29)27-21-34-30-25(27)19-23(20-33-30)22-6-7-28(35-32(41)38-13-16-43-17-14-38)26(18-22)31(40)37-10-8-36(9-11-37)12-15-39/h2-7,18-21,39H,8-17H2,1H3,(H,33,34)(H,35,41). The molecule has 0 unspecified atom stereocenters. The third-order valence-electron chi connectivity index (χ3n) is 8.13. The largest absolute Gasteiger partial charge is 0.496 e. The van der Waals surface area contributed by atoms with Crippen LogP contribution in [0, 0.1) is 0 Å². The number of piperazine rings is 1. The van der Waals surface area contributed by atoms with Gasteiger partial charge in [0, 0.05) is 80.3 Å². The smallest absolute Gasteiger partial charge is 0.322 e. The first-order valence-electron chi connectivity index (χ1n) is 14.6. The molecule has 2 aromatic heterocycles. The summed E-state index contributed by atoms with van der Waals surface area (Å²) in [4.78, 5) is 40.6. The Hall–Kier alpha value is -4.45. The van der Waals surface area contributed by atoms with Gasteiger partial charge in [0.15, 0.2) is 0 Å². The number of aromatic amines is 1. The number of hydrogen-bond acceptors (Lipinski definition) is 7. The van der Waals surface area contributed by atoms with Crippen LogP contribution in [0.1, 0.15) is 10.4 Å². The minimum Gasteiger partial charge on any atom is -0.496 e. The topological polar surface area (TPSA) is 123 Å². The highest BCUT2D eigenvalue weighted by molar-refractivity contribution is 6.05. The normalized spacial score (nSPS) is 16.0. The summed E-state index contributed by atoms with van der Waals surface area (Å²) in [5.41, 5.74) is 5.21. The van der Waals surface area contributed by atoms with Crippen LogP contribution >= 0.6 is 0 Å². The van der Waals surface area contributed by atoms with Crippen molar-refractivity contribution in [3.8, 4) is 28.0 Å². The van der Waals surface area contributed by atoms with Crippen molar-refractivity contribution in [1.82, 2.24) is 24.7 Å². The van der Waals surface area contributed by atoms with Gasteiger partial charge in [-0.25, -0.2) is 9.78 Å². The van der Waals surface area contributed by atoms with E-state index < -0.39 is 0 Å². The van der Waals surface area contributed by atoms with Crippen molar-refractivity contribution in [3.63, 3.8) is 0 Å². The molecule has 11 heteroatoms.